The molecule has 0 heterocycles. The third-order valence-electron chi connectivity index (χ3n) is 2.77. The van der Waals surface area contributed by atoms with Gasteiger partial charge in [0.1, 0.15) is 0 Å². The van der Waals surface area contributed by atoms with Crippen LogP contribution in [0.15, 0.2) is 0 Å². The Labute approximate surface area is 69.0 Å². The maximum absolute atomic E-state index is 6.05. The second kappa shape index (κ2) is 3.61. The van der Waals surface area contributed by atoms with Crippen molar-refractivity contribution in [3.8, 4) is 0 Å². The summed E-state index contributed by atoms with van der Waals surface area (Å²) < 4.78 is 0. The van der Waals surface area contributed by atoms with Gasteiger partial charge in [-0.05, 0) is 25.2 Å². The van der Waals surface area contributed by atoms with E-state index < -0.39 is 0 Å². The molecule has 0 nitrogen and oxygen atoms in total. The van der Waals surface area contributed by atoms with Crippen molar-refractivity contribution >= 4 is 11.6 Å². The Morgan fingerprint density at radius 1 is 1.30 bits per heavy atom. The summed E-state index contributed by atoms with van der Waals surface area (Å²) in [7, 11) is 0. The summed E-state index contributed by atoms with van der Waals surface area (Å²) in [5.74, 6) is 1.65. The first kappa shape index (κ1) is 8.39. The van der Waals surface area contributed by atoms with Crippen molar-refractivity contribution in [2.24, 2.45) is 11.8 Å². The van der Waals surface area contributed by atoms with Crippen LogP contribution in [0.2, 0.25) is 0 Å². The lowest BCUT2D eigenvalue weighted by Gasteiger charge is -2.30. The molecule has 0 N–H and O–H groups in total. The fourth-order valence-electron chi connectivity index (χ4n) is 2.03. The first-order chi connectivity index (χ1) is 4.72. The first-order valence-corrected chi connectivity index (χ1v) is 4.79. The van der Waals surface area contributed by atoms with Crippen LogP contribution in [0.25, 0.3) is 0 Å². The Bertz CT molecular complexity index is 98.9. The minimum atomic E-state index is 0.385. The summed E-state index contributed by atoms with van der Waals surface area (Å²) in [5, 5.41) is 0.385. The molecule has 0 radical (unpaired) electrons. The van der Waals surface area contributed by atoms with Gasteiger partial charge in [-0.2, -0.15) is 0 Å². The topological polar surface area (TPSA) is 0 Å². The van der Waals surface area contributed by atoms with Gasteiger partial charge in [0.25, 0.3) is 0 Å². The van der Waals surface area contributed by atoms with Crippen LogP contribution in [-0.2, 0) is 0 Å². The molecule has 1 aliphatic rings. The predicted molar refractivity (Wildman–Crippen MR) is 46.4 cm³/mol. The molecular weight excluding hydrogens is 144 g/mol. The Morgan fingerprint density at radius 2 is 1.90 bits per heavy atom. The van der Waals surface area contributed by atoms with E-state index in [1.165, 1.54) is 25.7 Å². The fourth-order valence-corrected chi connectivity index (χ4v) is 2.40. The average Bonchev–Trinajstić information content (AvgIpc) is 1.88. The van der Waals surface area contributed by atoms with E-state index in [0.717, 1.165) is 11.8 Å². The van der Waals surface area contributed by atoms with Gasteiger partial charge in [0.05, 0.1) is 0 Å². The molecule has 0 aromatic rings. The number of halogens is 1. The summed E-state index contributed by atoms with van der Waals surface area (Å²) in [6.07, 6.45) is 5.56. The lowest BCUT2D eigenvalue weighted by Crippen LogP contribution is -2.23. The molecule has 10 heavy (non-hydrogen) atoms. The monoisotopic (exact) mass is 160 g/mol. The van der Waals surface area contributed by atoms with Crippen LogP contribution in [0, 0.1) is 11.8 Å². The van der Waals surface area contributed by atoms with Gasteiger partial charge in [0.2, 0.25) is 0 Å². The molecule has 0 amide bonds. The van der Waals surface area contributed by atoms with Gasteiger partial charge in [0, 0.05) is 5.38 Å². The third-order valence-corrected chi connectivity index (χ3v) is 3.09. The van der Waals surface area contributed by atoms with Crippen LogP contribution < -0.4 is 0 Å². The normalized spacial score (nSPS) is 37.5. The van der Waals surface area contributed by atoms with Crippen molar-refractivity contribution in [1.82, 2.24) is 0 Å². The molecule has 60 valence electrons. The van der Waals surface area contributed by atoms with Gasteiger partial charge >= 0.3 is 0 Å². The van der Waals surface area contributed by atoms with Gasteiger partial charge < -0.3 is 0 Å². The summed E-state index contributed by atoms with van der Waals surface area (Å²) in [4.78, 5) is 0. The highest BCUT2D eigenvalue weighted by Gasteiger charge is 2.24. The quantitative estimate of drug-likeness (QED) is 0.516. The lowest BCUT2D eigenvalue weighted by atomic mass is 9.79. The standard InChI is InChI=1S/C9H17Cl/c1-7-5-3-4-6-9(7)8(2)10/h7-9H,3-6H2,1-2H3. The Morgan fingerprint density at radius 3 is 2.30 bits per heavy atom. The molecule has 1 saturated carbocycles. The molecule has 3 unspecified atom stereocenters. The fraction of sp³-hybridized carbons (Fsp3) is 1.00. The van der Waals surface area contributed by atoms with E-state index in [9.17, 15) is 0 Å². The van der Waals surface area contributed by atoms with Crippen LogP contribution in [0.4, 0.5) is 0 Å². The van der Waals surface area contributed by atoms with E-state index in [2.05, 4.69) is 13.8 Å². The van der Waals surface area contributed by atoms with E-state index in [0.29, 0.717) is 5.38 Å². The highest BCUT2D eigenvalue weighted by molar-refractivity contribution is 6.20. The Hall–Kier alpha value is 0.290. The summed E-state index contributed by atoms with van der Waals surface area (Å²) in [6, 6.07) is 0. The molecular formula is C9H17Cl. The summed E-state index contributed by atoms with van der Waals surface area (Å²) in [6.45, 7) is 4.47. The van der Waals surface area contributed by atoms with Crippen LogP contribution >= 0.6 is 11.6 Å². The third kappa shape index (κ3) is 1.88. The van der Waals surface area contributed by atoms with Crippen molar-refractivity contribution in [1.29, 1.82) is 0 Å². The van der Waals surface area contributed by atoms with Gasteiger partial charge in [-0.3, -0.25) is 0 Å². The molecule has 0 saturated heterocycles. The second-order valence-corrected chi connectivity index (χ2v) is 4.29. The van der Waals surface area contributed by atoms with Crippen molar-refractivity contribution in [3.63, 3.8) is 0 Å². The van der Waals surface area contributed by atoms with Gasteiger partial charge in [-0.1, -0.05) is 26.2 Å². The molecule has 0 spiro atoms. The molecule has 1 rings (SSSR count). The number of hydrogen-bond donors (Lipinski definition) is 0. The maximum Gasteiger partial charge on any atom is 0.0338 e. The van der Waals surface area contributed by atoms with Gasteiger partial charge in [-0.15, -0.1) is 11.6 Å². The number of rotatable bonds is 1. The van der Waals surface area contributed by atoms with Gasteiger partial charge in [-0.25, -0.2) is 0 Å². The summed E-state index contributed by atoms with van der Waals surface area (Å²) in [5.41, 5.74) is 0. The minimum absolute atomic E-state index is 0.385. The first-order valence-electron chi connectivity index (χ1n) is 4.36. The minimum Gasteiger partial charge on any atom is -0.123 e. The van der Waals surface area contributed by atoms with E-state index in [1.54, 1.807) is 0 Å². The number of hydrogen-bond acceptors (Lipinski definition) is 0. The van der Waals surface area contributed by atoms with Crippen LogP contribution in [0.3, 0.4) is 0 Å². The molecule has 1 aliphatic carbocycles. The average molecular weight is 161 g/mol. The zero-order chi connectivity index (χ0) is 7.56. The van der Waals surface area contributed by atoms with Crippen LogP contribution in [0.5, 0.6) is 0 Å². The van der Waals surface area contributed by atoms with Crippen molar-refractivity contribution in [2.75, 3.05) is 0 Å². The van der Waals surface area contributed by atoms with Crippen molar-refractivity contribution in [3.05, 3.63) is 0 Å². The number of alkyl halides is 1. The summed E-state index contributed by atoms with van der Waals surface area (Å²) >= 11 is 6.05. The zero-order valence-electron chi connectivity index (χ0n) is 6.94. The zero-order valence-corrected chi connectivity index (χ0v) is 7.69. The highest BCUT2D eigenvalue weighted by Crippen LogP contribution is 2.33. The van der Waals surface area contributed by atoms with Crippen molar-refractivity contribution < 1.29 is 0 Å². The molecule has 0 aromatic heterocycles. The highest BCUT2D eigenvalue weighted by atomic mass is 35.5. The molecule has 0 bridgehead atoms. The smallest absolute Gasteiger partial charge is 0.0338 e. The van der Waals surface area contributed by atoms with E-state index in [4.69, 9.17) is 11.6 Å². The van der Waals surface area contributed by atoms with Gasteiger partial charge in [0.15, 0.2) is 0 Å². The SMILES string of the molecule is CC(Cl)C1CCCCC1C. The van der Waals surface area contributed by atoms with Crippen LogP contribution in [0.1, 0.15) is 39.5 Å². The predicted octanol–water partition coefficient (Wildman–Crippen LogP) is 3.44. The largest absolute Gasteiger partial charge is 0.123 e. The maximum atomic E-state index is 6.05. The molecule has 1 heteroatoms. The molecule has 1 fully saturated rings. The molecule has 0 aromatic carbocycles. The van der Waals surface area contributed by atoms with E-state index in [1.807, 2.05) is 0 Å². The lowest BCUT2D eigenvalue weighted by molar-refractivity contribution is 0.253. The van der Waals surface area contributed by atoms with E-state index >= 15 is 0 Å². The van der Waals surface area contributed by atoms with Crippen molar-refractivity contribution in [2.45, 2.75) is 44.9 Å². The van der Waals surface area contributed by atoms with Crippen LogP contribution in [-0.4, -0.2) is 5.38 Å². The Balaban J connectivity index is 2.40. The molecule has 3 atom stereocenters. The molecule has 0 aliphatic heterocycles. The second-order valence-electron chi connectivity index (χ2n) is 3.60. The van der Waals surface area contributed by atoms with E-state index in [-0.39, 0.29) is 0 Å². The Kier molecular flexibility index (Phi) is 3.03.